The maximum absolute atomic E-state index is 2.45. The standard InChI is InChI=1S/C55H47N3/c1-38-18-28-43(29-19-38)56(44-30-20-39(2)21-31-44)52-14-6-12-50-48(52)10-8-16-54(50)58(47-36-26-42(5)27-37-47)55-17-9-11-49-51(55)13-7-15-53(49)57(45-32-22-40(3)23-33-45)46-34-24-41(4)25-35-46/h6-37H,1-5H3. The predicted molar refractivity (Wildman–Crippen MR) is 249 cm³/mol. The van der Waals surface area contributed by atoms with Crippen LogP contribution in [0.1, 0.15) is 27.8 Å². The van der Waals surface area contributed by atoms with E-state index < -0.39 is 0 Å². The van der Waals surface area contributed by atoms with Crippen molar-refractivity contribution in [2.75, 3.05) is 14.7 Å². The lowest BCUT2D eigenvalue weighted by Crippen LogP contribution is -2.13. The molecular formula is C55H47N3. The van der Waals surface area contributed by atoms with Gasteiger partial charge in [0.1, 0.15) is 0 Å². The molecule has 0 heterocycles. The van der Waals surface area contributed by atoms with Gasteiger partial charge in [0.25, 0.3) is 0 Å². The van der Waals surface area contributed by atoms with Crippen molar-refractivity contribution in [1.29, 1.82) is 0 Å². The normalized spacial score (nSPS) is 11.2. The highest BCUT2D eigenvalue weighted by Gasteiger charge is 2.23. The zero-order valence-electron chi connectivity index (χ0n) is 33.8. The molecule has 282 valence electrons. The Bertz CT molecular complexity index is 2590. The highest BCUT2D eigenvalue weighted by molar-refractivity contribution is 6.11. The van der Waals surface area contributed by atoms with E-state index in [-0.39, 0.29) is 0 Å². The topological polar surface area (TPSA) is 9.72 Å². The Morgan fingerprint density at radius 3 is 0.621 bits per heavy atom. The van der Waals surface area contributed by atoms with Gasteiger partial charge in [0.2, 0.25) is 0 Å². The summed E-state index contributed by atoms with van der Waals surface area (Å²) in [7, 11) is 0. The number of anilines is 9. The molecule has 0 spiro atoms. The van der Waals surface area contributed by atoms with E-state index in [0.717, 1.165) is 51.2 Å². The van der Waals surface area contributed by atoms with Crippen molar-refractivity contribution >= 4 is 72.7 Å². The van der Waals surface area contributed by atoms with E-state index in [1.165, 1.54) is 49.4 Å². The molecule has 9 rings (SSSR count). The van der Waals surface area contributed by atoms with Crippen molar-refractivity contribution in [3.8, 4) is 0 Å². The third-order valence-corrected chi connectivity index (χ3v) is 11.2. The van der Waals surface area contributed by atoms with Crippen molar-refractivity contribution < 1.29 is 0 Å². The molecule has 9 aromatic carbocycles. The summed E-state index contributed by atoms with van der Waals surface area (Å²) in [6, 6.07) is 71.2. The summed E-state index contributed by atoms with van der Waals surface area (Å²) >= 11 is 0. The molecule has 9 aromatic rings. The van der Waals surface area contributed by atoms with Crippen LogP contribution in [-0.2, 0) is 0 Å². The van der Waals surface area contributed by atoms with Crippen molar-refractivity contribution in [1.82, 2.24) is 0 Å². The molecular weight excluding hydrogens is 703 g/mol. The van der Waals surface area contributed by atoms with Crippen molar-refractivity contribution in [2.24, 2.45) is 0 Å². The van der Waals surface area contributed by atoms with Crippen LogP contribution in [0.5, 0.6) is 0 Å². The third kappa shape index (κ3) is 6.97. The van der Waals surface area contributed by atoms with Crippen molar-refractivity contribution in [2.45, 2.75) is 34.6 Å². The minimum Gasteiger partial charge on any atom is -0.310 e. The molecule has 0 bridgehead atoms. The molecule has 0 aromatic heterocycles. The van der Waals surface area contributed by atoms with Crippen molar-refractivity contribution in [3.63, 3.8) is 0 Å². The fourth-order valence-electron chi connectivity index (χ4n) is 8.07. The van der Waals surface area contributed by atoms with Crippen LogP contribution >= 0.6 is 0 Å². The Balaban J connectivity index is 1.27. The highest BCUT2D eigenvalue weighted by Crippen LogP contribution is 2.48. The SMILES string of the molecule is Cc1ccc(N(c2ccc(C)cc2)c2cccc3c(N(c4ccc(C)cc4)c4cccc5c(N(c6ccc(C)cc6)c6ccc(C)cc6)cccc45)cccc23)cc1. The van der Waals surface area contributed by atoms with Gasteiger partial charge in [0, 0.05) is 50.0 Å². The van der Waals surface area contributed by atoms with E-state index in [1.54, 1.807) is 0 Å². The number of benzene rings is 9. The predicted octanol–water partition coefficient (Wildman–Crippen LogP) is 15.9. The Morgan fingerprint density at radius 1 is 0.207 bits per heavy atom. The minimum atomic E-state index is 1.10. The molecule has 58 heavy (non-hydrogen) atoms. The van der Waals surface area contributed by atoms with Gasteiger partial charge in [-0.2, -0.15) is 0 Å². The van der Waals surface area contributed by atoms with Crippen LogP contribution < -0.4 is 14.7 Å². The van der Waals surface area contributed by atoms with Gasteiger partial charge in [-0.1, -0.05) is 137 Å². The lowest BCUT2D eigenvalue weighted by molar-refractivity contribution is 1.27. The van der Waals surface area contributed by atoms with Gasteiger partial charge in [-0.25, -0.2) is 0 Å². The molecule has 0 radical (unpaired) electrons. The van der Waals surface area contributed by atoms with E-state index in [1.807, 2.05) is 0 Å². The van der Waals surface area contributed by atoms with Gasteiger partial charge in [0.15, 0.2) is 0 Å². The summed E-state index contributed by atoms with van der Waals surface area (Å²) in [6.07, 6.45) is 0. The zero-order chi connectivity index (χ0) is 39.8. The summed E-state index contributed by atoms with van der Waals surface area (Å²) in [5, 5.41) is 4.67. The molecule has 0 saturated carbocycles. The van der Waals surface area contributed by atoms with Crippen molar-refractivity contribution in [3.05, 3.63) is 222 Å². The minimum absolute atomic E-state index is 1.10. The summed E-state index contributed by atoms with van der Waals surface area (Å²) in [4.78, 5) is 7.22. The molecule has 3 heteroatoms. The molecule has 0 aliphatic rings. The van der Waals surface area contributed by atoms with Gasteiger partial charge in [-0.05, 0) is 120 Å². The van der Waals surface area contributed by atoms with Gasteiger partial charge < -0.3 is 14.7 Å². The second-order valence-electron chi connectivity index (χ2n) is 15.5. The second kappa shape index (κ2) is 15.4. The highest BCUT2D eigenvalue weighted by atomic mass is 15.2. The van der Waals surface area contributed by atoms with Crippen LogP contribution in [0, 0.1) is 34.6 Å². The average Bonchev–Trinajstić information content (AvgIpc) is 3.25. The Labute approximate surface area is 342 Å². The van der Waals surface area contributed by atoms with Crippen LogP contribution in [-0.4, -0.2) is 0 Å². The van der Waals surface area contributed by atoms with Crippen LogP contribution in [0.15, 0.2) is 194 Å². The summed E-state index contributed by atoms with van der Waals surface area (Å²) in [5.41, 5.74) is 16.2. The molecule has 0 atom stereocenters. The number of nitrogens with zero attached hydrogens (tertiary/aromatic N) is 3. The molecule has 0 unspecified atom stereocenters. The lowest BCUT2D eigenvalue weighted by Gasteiger charge is -2.31. The second-order valence-corrected chi connectivity index (χ2v) is 15.5. The largest absolute Gasteiger partial charge is 0.310 e. The first-order chi connectivity index (χ1) is 28.3. The van der Waals surface area contributed by atoms with E-state index in [4.69, 9.17) is 0 Å². The Kier molecular flexibility index (Phi) is 9.73. The monoisotopic (exact) mass is 749 g/mol. The molecule has 0 fully saturated rings. The first-order valence-electron chi connectivity index (χ1n) is 20.1. The molecule has 0 saturated heterocycles. The molecule has 0 N–H and O–H groups in total. The number of hydrogen-bond acceptors (Lipinski definition) is 3. The first kappa shape index (κ1) is 36.5. The number of fused-ring (bicyclic) bond motifs is 2. The molecule has 0 aliphatic carbocycles. The number of hydrogen-bond donors (Lipinski definition) is 0. The third-order valence-electron chi connectivity index (χ3n) is 11.2. The van der Waals surface area contributed by atoms with Crippen LogP contribution in [0.25, 0.3) is 21.5 Å². The van der Waals surface area contributed by atoms with E-state index in [0.29, 0.717) is 0 Å². The molecule has 0 aliphatic heterocycles. The van der Waals surface area contributed by atoms with E-state index in [2.05, 4.69) is 243 Å². The van der Waals surface area contributed by atoms with E-state index in [9.17, 15) is 0 Å². The summed E-state index contributed by atoms with van der Waals surface area (Å²) in [5.74, 6) is 0. The van der Waals surface area contributed by atoms with Crippen LogP contribution in [0.4, 0.5) is 51.2 Å². The molecule has 3 nitrogen and oxygen atoms in total. The summed E-state index contributed by atoms with van der Waals surface area (Å²) < 4.78 is 0. The van der Waals surface area contributed by atoms with Gasteiger partial charge >= 0.3 is 0 Å². The Hall–Kier alpha value is -7.10. The fourth-order valence-corrected chi connectivity index (χ4v) is 8.07. The number of aryl methyl sites for hydroxylation is 5. The van der Waals surface area contributed by atoms with Crippen LogP contribution in [0.2, 0.25) is 0 Å². The quantitative estimate of drug-likeness (QED) is 0.145. The van der Waals surface area contributed by atoms with E-state index >= 15 is 0 Å². The Morgan fingerprint density at radius 2 is 0.397 bits per heavy atom. The van der Waals surface area contributed by atoms with Gasteiger partial charge in [-0.3, -0.25) is 0 Å². The average molecular weight is 750 g/mol. The van der Waals surface area contributed by atoms with Gasteiger partial charge in [-0.15, -0.1) is 0 Å². The lowest BCUT2D eigenvalue weighted by atomic mass is 10.0. The zero-order valence-corrected chi connectivity index (χ0v) is 33.8. The molecule has 0 amide bonds. The maximum atomic E-state index is 2.45. The first-order valence-corrected chi connectivity index (χ1v) is 20.1. The summed E-state index contributed by atoms with van der Waals surface area (Å²) in [6.45, 7) is 10.7. The smallest absolute Gasteiger partial charge is 0.0541 e. The van der Waals surface area contributed by atoms with Gasteiger partial charge in [0.05, 0.1) is 22.7 Å². The maximum Gasteiger partial charge on any atom is 0.0541 e. The fraction of sp³-hybridized carbons (Fsp3) is 0.0909. The number of rotatable bonds is 9. The van der Waals surface area contributed by atoms with Crippen LogP contribution in [0.3, 0.4) is 0 Å².